The first-order chi connectivity index (χ1) is 12.6. The smallest absolute Gasteiger partial charge is 0.258 e. The van der Waals surface area contributed by atoms with Gasteiger partial charge in [-0.2, -0.15) is 0 Å². The standard InChI is InChI=1S/C20H23FN2O3/c21-15-8-9-17(18(12-15)23-19(24)14-10-11-26-13-14)20(25)22-16-6-4-2-1-3-5-7-16/h8-13,16H,1-7H2,(H,22,25)(H,23,24). The average molecular weight is 358 g/mol. The van der Waals surface area contributed by atoms with E-state index in [0.717, 1.165) is 31.7 Å². The summed E-state index contributed by atoms with van der Waals surface area (Å²) >= 11 is 0. The van der Waals surface area contributed by atoms with E-state index in [1.54, 1.807) is 0 Å². The number of amides is 2. The molecule has 6 heteroatoms. The first-order valence-electron chi connectivity index (χ1n) is 9.07. The van der Waals surface area contributed by atoms with Crippen LogP contribution in [0.3, 0.4) is 0 Å². The highest BCUT2D eigenvalue weighted by Crippen LogP contribution is 2.21. The summed E-state index contributed by atoms with van der Waals surface area (Å²) in [6.45, 7) is 0. The zero-order valence-corrected chi connectivity index (χ0v) is 14.6. The Bertz CT molecular complexity index is 750. The van der Waals surface area contributed by atoms with Gasteiger partial charge >= 0.3 is 0 Å². The quantitative estimate of drug-likeness (QED) is 0.844. The van der Waals surface area contributed by atoms with E-state index in [9.17, 15) is 14.0 Å². The van der Waals surface area contributed by atoms with E-state index in [4.69, 9.17) is 4.42 Å². The number of hydrogen-bond donors (Lipinski definition) is 2. The lowest BCUT2D eigenvalue weighted by molar-refractivity contribution is 0.0931. The largest absolute Gasteiger partial charge is 0.472 e. The molecule has 1 aromatic carbocycles. The maximum Gasteiger partial charge on any atom is 0.258 e. The summed E-state index contributed by atoms with van der Waals surface area (Å²) in [5.74, 6) is -1.27. The fourth-order valence-corrected chi connectivity index (χ4v) is 3.27. The van der Waals surface area contributed by atoms with E-state index < -0.39 is 11.7 Å². The van der Waals surface area contributed by atoms with Crippen LogP contribution >= 0.6 is 0 Å². The summed E-state index contributed by atoms with van der Waals surface area (Å²) in [4.78, 5) is 24.9. The Balaban J connectivity index is 1.73. The van der Waals surface area contributed by atoms with Gasteiger partial charge in [0.05, 0.1) is 23.1 Å². The van der Waals surface area contributed by atoms with Crippen LogP contribution in [0.15, 0.2) is 41.2 Å². The Morgan fingerprint density at radius 3 is 2.42 bits per heavy atom. The van der Waals surface area contributed by atoms with Crippen LogP contribution in [0.1, 0.15) is 65.7 Å². The fourth-order valence-electron chi connectivity index (χ4n) is 3.27. The van der Waals surface area contributed by atoms with Gasteiger partial charge in [0, 0.05) is 6.04 Å². The van der Waals surface area contributed by atoms with E-state index in [0.29, 0.717) is 5.56 Å². The van der Waals surface area contributed by atoms with Crippen LogP contribution in [0.25, 0.3) is 0 Å². The van der Waals surface area contributed by atoms with Crippen LogP contribution in [-0.4, -0.2) is 17.9 Å². The van der Waals surface area contributed by atoms with Crippen LogP contribution < -0.4 is 10.6 Å². The van der Waals surface area contributed by atoms with Gasteiger partial charge in [0.1, 0.15) is 12.1 Å². The van der Waals surface area contributed by atoms with Gasteiger partial charge in [-0.15, -0.1) is 0 Å². The molecule has 1 aliphatic carbocycles. The SMILES string of the molecule is O=C(Nc1cc(F)ccc1C(=O)NC1CCCCCCC1)c1ccoc1. The molecule has 1 heterocycles. The van der Waals surface area contributed by atoms with Crippen molar-refractivity contribution in [2.24, 2.45) is 0 Å². The summed E-state index contributed by atoms with van der Waals surface area (Å²) in [7, 11) is 0. The lowest BCUT2D eigenvalue weighted by atomic mass is 9.96. The minimum atomic E-state index is -0.519. The molecule has 2 amide bonds. The lowest BCUT2D eigenvalue weighted by Crippen LogP contribution is -2.35. The van der Waals surface area contributed by atoms with Gasteiger partial charge < -0.3 is 15.1 Å². The molecule has 1 saturated carbocycles. The number of rotatable bonds is 4. The number of anilines is 1. The molecule has 3 rings (SSSR count). The molecule has 0 atom stereocenters. The predicted molar refractivity (Wildman–Crippen MR) is 96.6 cm³/mol. The molecule has 0 bridgehead atoms. The molecule has 0 radical (unpaired) electrons. The van der Waals surface area contributed by atoms with E-state index in [-0.39, 0.29) is 23.2 Å². The third kappa shape index (κ3) is 4.71. The van der Waals surface area contributed by atoms with Gasteiger partial charge in [0.25, 0.3) is 11.8 Å². The van der Waals surface area contributed by atoms with Crippen molar-refractivity contribution in [2.75, 3.05) is 5.32 Å². The first kappa shape index (κ1) is 18.2. The molecule has 1 aliphatic rings. The van der Waals surface area contributed by atoms with Crippen molar-refractivity contribution in [2.45, 2.75) is 51.0 Å². The monoisotopic (exact) mass is 358 g/mol. The second-order valence-electron chi connectivity index (χ2n) is 6.67. The first-order valence-corrected chi connectivity index (χ1v) is 9.07. The number of nitrogens with one attached hydrogen (secondary N) is 2. The summed E-state index contributed by atoms with van der Waals surface area (Å²) in [6.07, 6.45) is 10.4. The van der Waals surface area contributed by atoms with Crippen LogP contribution in [0.2, 0.25) is 0 Å². The molecule has 0 spiro atoms. The van der Waals surface area contributed by atoms with Crippen LogP contribution in [0, 0.1) is 5.82 Å². The number of furan rings is 1. The Morgan fingerprint density at radius 2 is 1.73 bits per heavy atom. The average Bonchev–Trinajstić information content (AvgIpc) is 3.12. The molecular formula is C20H23FN2O3. The minimum Gasteiger partial charge on any atom is -0.472 e. The normalized spacial score (nSPS) is 15.7. The Labute approximate surface area is 152 Å². The highest BCUT2D eigenvalue weighted by molar-refractivity contribution is 6.08. The summed E-state index contributed by atoms with van der Waals surface area (Å²) in [6, 6.07) is 5.40. The molecule has 2 N–H and O–H groups in total. The molecule has 138 valence electrons. The number of carbonyl (C=O) groups excluding carboxylic acids is 2. The van der Waals surface area contributed by atoms with Crippen molar-refractivity contribution < 1.29 is 18.4 Å². The van der Waals surface area contributed by atoms with E-state index >= 15 is 0 Å². The summed E-state index contributed by atoms with van der Waals surface area (Å²) in [5.41, 5.74) is 0.713. The maximum atomic E-state index is 13.7. The van der Waals surface area contributed by atoms with Gasteiger partial charge in [-0.25, -0.2) is 4.39 Å². The number of hydrogen-bond acceptors (Lipinski definition) is 3. The van der Waals surface area contributed by atoms with E-state index in [1.807, 2.05) is 0 Å². The Hall–Kier alpha value is -2.63. The topological polar surface area (TPSA) is 71.3 Å². The van der Waals surface area contributed by atoms with Crippen molar-refractivity contribution in [3.8, 4) is 0 Å². The van der Waals surface area contributed by atoms with Gasteiger partial charge in [0.2, 0.25) is 0 Å². The highest BCUT2D eigenvalue weighted by atomic mass is 19.1. The molecule has 2 aromatic rings. The van der Waals surface area contributed by atoms with Gasteiger partial charge in [-0.3, -0.25) is 9.59 Å². The molecule has 5 nitrogen and oxygen atoms in total. The van der Waals surface area contributed by atoms with Crippen LogP contribution in [0.5, 0.6) is 0 Å². The zero-order valence-electron chi connectivity index (χ0n) is 14.6. The molecule has 0 unspecified atom stereocenters. The third-order valence-corrected chi connectivity index (χ3v) is 4.70. The molecule has 26 heavy (non-hydrogen) atoms. The zero-order chi connectivity index (χ0) is 18.4. The predicted octanol–water partition coefficient (Wildman–Crippen LogP) is 4.51. The highest BCUT2D eigenvalue weighted by Gasteiger charge is 2.19. The molecular weight excluding hydrogens is 335 g/mol. The number of carbonyl (C=O) groups is 2. The summed E-state index contributed by atoms with van der Waals surface area (Å²) < 4.78 is 18.5. The minimum absolute atomic E-state index is 0.116. The molecule has 1 fully saturated rings. The van der Waals surface area contributed by atoms with Crippen molar-refractivity contribution in [1.82, 2.24) is 5.32 Å². The van der Waals surface area contributed by atoms with Crippen molar-refractivity contribution in [3.63, 3.8) is 0 Å². The Kier molecular flexibility index (Phi) is 6.04. The molecule has 1 aromatic heterocycles. The molecule has 0 aliphatic heterocycles. The third-order valence-electron chi connectivity index (χ3n) is 4.70. The van der Waals surface area contributed by atoms with Crippen molar-refractivity contribution >= 4 is 17.5 Å². The molecule has 0 saturated heterocycles. The van der Waals surface area contributed by atoms with Gasteiger partial charge in [0.15, 0.2) is 0 Å². The fraction of sp³-hybridized carbons (Fsp3) is 0.400. The number of benzene rings is 1. The second-order valence-corrected chi connectivity index (χ2v) is 6.67. The van der Waals surface area contributed by atoms with Gasteiger partial charge in [-0.1, -0.05) is 32.1 Å². The second kappa shape index (κ2) is 8.65. The maximum absolute atomic E-state index is 13.7. The van der Waals surface area contributed by atoms with E-state index in [1.165, 1.54) is 50.0 Å². The van der Waals surface area contributed by atoms with Crippen molar-refractivity contribution in [3.05, 3.63) is 53.7 Å². The number of halogens is 1. The van der Waals surface area contributed by atoms with Crippen molar-refractivity contribution in [1.29, 1.82) is 0 Å². The Morgan fingerprint density at radius 1 is 1.00 bits per heavy atom. The van der Waals surface area contributed by atoms with Crippen LogP contribution in [-0.2, 0) is 0 Å². The van der Waals surface area contributed by atoms with E-state index in [2.05, 4.69) is 10.6 Å². The van der Waals surface area contributed by atoms with Gasteiger partial charge in [-0.05, 0) is 37.1 Å². The summed E-state index contributed by atoms with van der Waals surface area (Å²) in [5, 5.41) is 5.63. The lowest BCUT2D eigenvalue weighted by Gasteiger charge is -2.21. The van der Waals surface area contributed by atoms with Crippen LogP contribution in [0.4, 0.5) is 10.1 Å².